The summed E-state index contributed by atoms with van der Waals surface area (Å²) in [7, 11) is 0. The second-order valence-corrected chi connectivity index (χ2v) is 2.06. The highest BCUT2D eigenvalue weighted by atomic mass is 35.5. The van der Waals surface area contributed by atoms with Crippen molar-refractivity contribution in [2.24, 2.45) is 0 Å². The van der Waals surface area contributed by atoms with Crippen LogP contribution in [-0.2, 0) is 6.18 Å². The predicted molar refractivity (Wildman–Crippen MR) is 41.2 cm³/mol. The van der Waals surface area contributed by atoms with E-state index in [0.717, 1.165) is 12.4 Å². The number of rotatable bonds is 1. The molecule has 1 rings (SSSR count). The molecule has 1 heterocycles. The SMILES string of the molecule is Cl.O=C(O)c1nccnc1C(F)(F)F. The lowest BCUT2D eigenvalue weighted by Gasteiger charge is -2.06. The van der Waals surface area contributed by atoms with E-state index in [1.54, 1.807) is 0 Å². The topological polar surface area (TPSA) is 63.1 Å². The van der Waals surface area contributed by atoms with Crippen molar-refractivity contribution in [3.05, 3.63) is 23.8 Å². The van der Waals surface area contributed by atoms with E-state index < -0.39 is 23.5 Å². The number of aromatic carboxylic acids is 1. The van der Waals surface area contributed by atoms with Crippen LogP contribution in [0.15, 0.2) is 12.4 Å². The third kappa shape index (κ3) is 2.56. The minimum Gasteiger partial charge on any atom is -0.476 e. The van der Waals surface area contributed by atoms with Crippen LogP contribution < -0.4 is 0 Å². The van der Waals surface area contributed by atoms with Crippen LogP contribution in [0.1, 0.15) is 16.2 Å². The van der Waals surface area contributed by atoms with Gasteiger partial charge >= 0.3 is 12.1 Å². The second-order valence-electron chi connectivity index (χ2n) is 2.06. The molecule has 0 spiro atoms. The molecule has 0 aliphatic carbocycles. The number of hydrogen-bond acceptors (Lipinski definition) is 3. The zero-order valence-corrected chi connectivity index (χ0v) is 7.26. The van der Waals surface area contributed by atoms with Crippen LogP contribution in [0.25, 0.3) is 0 Å². The summed E-state index contributed by atoms with van der Waals surface area (Å²) in [5.74, 6) is -1.75. The Hall–Kier alpha value is -1.37. The molecule has 0 aliphatic heterocycles. The van der Waals surface area contributed by atoms with Gasteiger partial charge in [0.2, 0.25) is 0 Å². The first kappa shape index (κ1) is 12.6. The Morgan fingerprint density at radius 3 is 2.14 bits per heavy atom. The summed E-state index contributed by atoms with van der Waals surface area (Å²) in [6.07, 6.45) is -3.12. The lowest BCUT2D eigenvalue weighted by molar-refractivity contribution is -0.142. The highest BCUT2D eigenvalue weighted by Crippen LogP contribution is 2.28. The van der Waals surface area contributed by atoms with E-state index in [-0.39, 0.29) is 12.4 Å². The standard InChI is InChI=1S/C6H3F3N2O2.ClH/c7-6(8,9)4-3(5(12)13)10-1-2-11-4;/h1-2H,(H,12,13);1H. The van der Waals surface area contributed by atoms with E-state index in [1.807, 2.05) is 0 Å². The van der Waals surface area contributed by atoms with Crippen LogP contribution >= 0.6 is 12.4 Å². The number of carbonyl (C=O) groups is 1. The zero-order chi connectivity index (χ0) is 10.1. The Kier molecular flexibility index (Phi) is 3.81. The number of aromatic nitrogens is 2. The lowest BCUT2D eigenvalue weighted by atomic mass is 10.3. The summed E-state index contributed by atoms with van der Waals surface area (Å²) in [5.41, 5.74) is -2.57. The van der Waals surface area contributed by atoms with Gasteiger partial charge in [-0.1, -0.05) is 0 Å². The van der Waals surface area contributed by atoms with E-state index in [9.17, 15) is 18.0 Å². The molecule has 0 amide bonds. The summed E-state index contributed by atoms with van der Waals surface area (Å²) >= 11 is 0. The maximum atomic E-state index is 12.0. The van der Waals surface area contributed by atoms with Gasteiger partial charge in [0.25, 0.3) is 0 Å². The Morgan fingerprint density at radius 2 is 1.79 bits per heavy atom. The monoisotopic (exact) mass is 228 g/mol. The molecule has 0 atom stereocenters. The average Bonchev–Trinajstić information content (AvgIpc) is 2.03. The van der Waals surface area contributed by atoms with Crippen molar-refractivity contribution >= 4 is 18.4 Å². The summed E-state index contributed by atoms with van der Waals surface area (Å²) in [6.45, 7) is 0. The van der Waals surface area contributed by atoms with E-state index >= 15 is 0 Å². The van der Waals surface area contributed by atoms with Gasteiger partial charge in [0.1, 0.15) is 0 Å². The van der Waals surface area contributed by atoms with Gasteiger partial charge in [0, 0.05) is 12.4 Å². The summed E-state index contributed by atoms with van der Waals surface area (Å²) in [5, 5.41) is 8.33. The third-order valence-corrected chi connectivity index (χ3v) is 1.17. The molecule has 0 fully saturated rings. The molecule has 0 saturated heterocycles. The number of carboxylic acid groups (broad SMARTS) is 1. The number of hydrogen-bond donors (Lipinski definition) is 1. The minimum absolute atomic E-state index is 0. The Morgan fingerprint density at radius 1 is 1.29 bits per heavy atom. The van der Waals surface area contributed by atoms with E-state index in [0.29, 0.717) is 0 Å². The van der Waals surface area contributed by atoms with Crippen molar-refractivity contribution in [3.63, 3.8) is 0 Å². The van der Waals surface area contributed by atoms with Crippen LogP contribution in [0.3, 0.4) is 0 Å². The van der Waals surface area contributed by atoms with Gasteiger partial charge in [0.05, 0.1) is 0 Å². The second kappa shape index (κ2) is 4.23. The summed E-state index contributed by atoms with van der Waals surface area (Å²) in [4.78, 5) is 16.2. The number of alkyl halides is 3. The fourth-order valence-electron chi connectivity index (χ4n) is 0.702. The van der Waals surface area contributed by atoms with Gasteiger partial charge in [-0.05, 0) is 0 Å². The predicted octanol–water partition coefficient (Wildman–Crippen LogP) is 1.62. The molecule has 0 aromatic carbocycles. The van der Waals surface area contributed by atoms with Crippen LogP contribution in [-0.4, -0.2) is 21.0 Å². The van der Waals surface area contributed by atoms with Crippen molar-refractivity contribution in [3.8, 4) is 0 Å². The molecule has 78 valence electrons. The third-order valence-electron chi connectivity index (χ3n) is 1.17. The van der Waals surface area contributed by atoms with E-state index in [2.05, 4.69) is 9.97 Å². The van der Waals surface area contributed by atoms with Crippen LogP contribution in [0.4, 0.5) is 13.2 Å². The summed E-state index contributed by atoms with van der Waals surface area (Å²) in [6, 6.07) is 0. The Balaban J connectivity index is 0.00000169. The molecule has 14 heavy (non-hydrogen) atoms. The first-order valence-electron chi connectivity index (χ1n) is 3.04. The molecule has 0 unspecified atom stereocenters. The maximum absolute atomic E-state index is 12.0. The van der Waals surface area contributed by atoms with Crippen molar-refractivity contribution in [1.29, 1.82) is 0 Å². The molecule has 1 aromatic heterocycles. The fraction of sp³-hybridized carbons (Fsp3) is 0.167. The van der Waals surface area contributed by atoms with Gasteiger partial charge in [-0.2, -0.15) is 13.2 Å². The summed E-state index contributed by atoms with van der Waals surface area (Å²) < 4.78 is 36.1. The van der Waals surface area contributed by atoms with Crippen molar-refractivity contribution in [1.82, 2.24) is 9.97 Å². The maximum Gasteiger partial charge on any atom is 0.435 e. The molecular weight excluding hydrogens is 225 g/mol. The fourth-order valence-corrected chi connectivity index (χ4v) is 0.702. The first-order chi connectivity index (χ1) is 5.93. The quantitative estimate of drug-likeness (QED) is 0.793. The molecule has 0 aliphatic rings. The smallest absolute Gasteiger partial charge is 0.435 e. The Labute approximate surface area is 82.2 Å². The molecule has 8 heteroatoms. The number of halogens is 4. The number of carboxylic acids is 1. The van der Waals surface area contributed by atoms with Crippen LogP contribution in [0.2, 0.25) is 0 Å². The number of nitrogens with zero attached hydrogens (tertiary/aromatic N) is 2. The molecule has 1 N–H and O–H groups in total. The normalized spacial score (nSPS) is 10.5. The average molecular weight is 229 g/mol. The molecule has 0 radical (unpaired) electrons. The molecule has 0 bridgehead atoms. The van der Waals surface area contributed by atoms with Gasteiger partial charge in [0.15, 0.2) is 11.4 Å². The molecule has 1 aromatic rings. The van der Waals surface area contributed by atoms with E-state index in [1.165, 1.54) is 0 Å². The minimum atomic E-state index is -4.79. The highest BCUT2D eigenvalue weighted by molar-refractivity contribution is 5.86. The van der Waals surface area contributed by atoms with E-state index in [4.69, 9.17) is 5.11 Å². The van der Waals surface area contributed by atoms with Gasteiger partial charge in [-0.25, -0.2) is 14.8 Å². The molecule has 0 saturated carbocycles. The molecule has 4 nitrogen and oxygen atoms in total. The Bertz CT molecular complexity index is 342. The largest absolute Gasteiger partial charge is 0.476 e. The highest BCUT2D eigenvalue weighted by Gasteiger charge is 2.37. The van der Waals surface area contributed by atoms with Crippen LogP contribution in [0.5, 0.6) is 0 Å². The van der Waals surface area contributed by atoms with Gasteiger partial charge < -0.3 is 5.11 Å². The lowest BCUT2D eigenvalue weighted by Crippen LogP contribution is -2.16. The van der Waals surface area contributed by atoms with Crippen molar-refractivity contribution < 1.29 is 23.1 Å². The molecular formula is C6H4ClF3N2O2. The van der Waals surface area contributed by atoms with Crippen molar-refractivity contribution in [2.45, 2.75) is 6.18 Å². The first-order valence-corrected chi connectivity index (χ1v) is 3.04. The van der Waals surface area contributed by atoms with Gasteiger partial charge in [-0.15, -0.1) is 12.4 Å². The van der Waals surface area contributed by atoms with Crippen molar-refractivity contribution in [2.75, 3.05) is 0 Å². The van der Waals surface area contributed by atoms with Crippen LogP contribution in [0, 0.1) is 0 Å². The zero-order valence-electron chi connectivity index (χ0n) is 6.45. The van der Waals surface area contributed by atoms with Gasteiger partial charge in [-0.3, -0.25) is 0 Å².